The van der Waals surface area contributed by atoms with Crippen LogP contribution in [0.15, 0.2) is 18.2 Å². The first-order valence-electron chi connectivity index (χ1n) is 9.57. The van der Waals surface area contributed by atoms with E-state index in [1.807, 2.05) is 39.0 Å². The highest BCUT2D eigenvalue weighted by molar-refractivity contribution is 5.90. The van der Waals surface area contributed by atoms with E-state index in [1.54, 1.807) is 0 Å². The fraction of sp³-hybridized carbons (Fsp3) is 0.650. The molecule has 0 aliphatic carbocycles. The van der Waals surface area contributed by atoms with Crippen molar-refractivity contribution in [3.63, 3.8) is 0 Å². The summed E-state index contributed by atoms with van der Waals surface area (Å²) in [6.07, 6.45) is 2.34. The summed E-state index contributed by atoms with van der Waals surface area (Å²) in [5.41, 5.74) is 0.254. The lowest BCUT2D eigenvalue weighted by Crippen LogP contribution is -2.51. The number of rotatable bonds is 5. The minimum atomic E-state index is -0.475. The number of ether oxygens (including phenoxy) is 2. The molecule has 1 spiro atoms. The molecular weight excluding hydrogens is 346 g/mol. The highest BCUT2D eigenvalue weighted by Gasteiger charge is 2.49. The lowest BCUT2D eigenvalue weighted by molar-refractivity contribution is -0.129. The zero-order valence-corrected chi connectivity index (χ0v) is 16.3. The first-order valence-corrected chi connectivity index (χ1v) is 9.57. The van der Waals surface area contributed by atoms with Crippen molar-refractivity contribution < 1.29 is 19.1 Å². The van der Waals surface area contributed by atoms with Gasteiger partial charge in [0, 0.05) is 43.4 Å². The van der Waals surface area contributed by atoms with Gasteiger partial charge in [0.1, 0.15) is 11.6 Å². The van der Waals surface area contributed by atoms with Crippen LogP contribution in [0.3, 0.4) is 0 Å². The number of carbonyl (C=O) groups excluding carboxylic acids is 2. The summed E-state index contributed by atoms with van der Waals surface area (Å²) in [6.45, 7) is 7.76. The van der Waals surface area contributed by atoms with Gasteiger partial charge in [0.05, 0.1) is 0 Å². The van der Waals surface area contributed by atoms with Crippen LogP contribution in [0.25, 0.3) is 0 Å². The molecule has 2 saturated heterocycles. The number of pyridine rings is 1. The molecule has 0 bridgehead atoms. The number of hydrogen-bond donors (Lipinski definition) is 2. The molecule has 1 unspecified atom stereocenters. The van der Waals surface area contributed by atoms with Gasteiger partial charge in [-0.05, 0) is 46.1 Å². The summed E-state index contributed by atoms with van der Waals surface area (Å²) >= 11 is 0. The SMILES string of the molecule is CC(C)(C)Oc1cccc(CCC(=O)NC2C(=O)NCC23CCOCC3)n1. The van der Waals surface area contributed by atoms with Crippen LogP contribution >= 0.6 is 0 Å². The molecule has 3 heterocycles. The van der Waals surface area contributed by atoms with Crippen molar-refractivity contribution >= 4 is 11.8 Å². The number of carbonyl (C=O) groups is 2. The van der Waals surface area contributed by atoms with Gasteiger partial charge in [0.25, 0.3) is 0 Å². The summed E-state index contributed by atoms with van der Waals surface area (Å²) in [6, 6.07) is 5.10. The average molecular weight is 375 g/mol. The smallest absolute Gasteiger partial charge is 0.243 e. The van der Waals surface area contributed by atoms with Crippen molar-refractivity contribution in [2.24, 2.45) is 5.41 Å². The molecule has 7 nitrogen and oxygen atoms in total. The first kappa shape index (κ1) is 19.6. The van der Waals surface area contributed by atoms with E-state index in [1.165, 1.54) is 0 Å². The maximum absolute atomic E-state index is 12.5. The van der Waals surface area contributed by atoms with Crippen LogP contribution in [0, 0.1) is 5.41 Å². The third-order valence-electron chi connectivity index (χ3n) is 5.08. The number of aromatic nitrogens is 1. The zero-order valence-electron chi connectivity index (χ0n) is 16.3. The normalized spacial score (nSPS) is 21.7. The second-order valence-electron chi connectivity index (χ2n) is 8.37. The molecule has 27 heavy (non-hydrogen) atoms. The summed E-state index contributed by atoms with van der Waals surface area (Å²) in [5.74, 6) is 0.326. The van der Waals surface area contributed by atoms with Gasteiger partial charge < -0.3 is 20.1 Å². The van der Waals surface area contributed by atoms with Gasteiger partial charge in [-0.2, -0.15) is 0 Å². The van der Waals surface area contributed by atoms with Crippen LogP contribution in [0.4, 0.5) is 0 Å². The van der Waals surface area contributed by atoms with Gasteiger partial charge >= 0.3 is 0 Å². The van der Waals surface area contributed by atoms with Crippen molar-refractivity contribution in [2.75, 3.05) is 19.8 Å². The lowest BCUT2D eigenvalue weighted by atomic mass is 9.76. The van der Waals surface area contributed by atoms with E-state index < -0.39 is 6.04 Å². The summed E-state index contributed by atoms with van der Waals surface area (Å²) in [7, 11) is 0. The zero-order chi connectivity index (χ0) is 19.5. The van der Waals surface area contributed by atoms with Crippen molar-refractivity contribution in [2.45, 2.75) is 58.1 Å². The fourth-order valence-electron chi connectivity index (χ4n) is 3.65. The number of nitrogens with one attached hydrogen (secondary N) is 2. The van der Waals surface area contributed by atoms with Crippen molar-refractivity contribution in [1.29, 1.82) is 0 Å². The van der Waals surface area contributed by atoms with E-state index >= 15 is 0 Å². The van der Waals surface area contributed by atoms with E-state index in [-0.39, 0.29) is 29.3 Å². The van der Waals surface area contributed by atoms with Crippen molar-refractivity contribution in [3.8, 4) is 5.88 Å². The van der Waals surface area contributed by atoms with E-state index in [2.05, 4.69) is 15.6 Å². The van der Waals surface area contributed by atoms with E-state index in [0.29, 0.717) is 32.1 Å². The first-order chi connectivity index (χ1) is 12.8. The second kappa shape index (κ2) is 7.84. The highest BCUT2D eigenvalue weighted by atomic mass is 16.5. The molecule has 7 heteroatoms. The molecule has 0 aromatic carbocycles. The number of hydrogen-bond acceptors (Lipinski definition) is 5. The molecule has 0 saturated carbocycles. The van der Waals surface area contributed by atoms with E-state index in [0.717, 1.165) is 18.5 Å². The maximum Gasteiger partial charge on any atom is 0.243 e. The van der Waals surface area contributed by atoms with Gasteiger partial charge in [-0.25, -0.2) is 4.98 Å². The van der Waals surface area contributed by atoms with Crippen LogP contribution in [-0.2, 0) is 20.7 Å². The Morgan fingerprint density at radius 1 is 1.37 bits per heavy atom. The molecular formula is C20H29N3O4. The third kappa shape index (κ3) is 4.97. The number of aryl methyl sites for hydroxylation is 1. The molecule has 148 valence electrons. The molecule has 2 aliphatic heterocycles. The molecule has 2 N–H and O–H groups in total. The molecule has 1 aromatic heterocycles. The minimum absolute atomic E-state index is 0.0936. The standard InChI is InChI=1S/C20H29N3O4/c1-19(2,3)27-16-6-4-5-14(22-16)7-8-15(24)23-17-18(25)21-13-20(17)9-11-26-12-10-20/h4-6,17H,7-13H2,1-3H3,(H,21,25)(H,23,24). The van der Waals surface area contributed by atoms with Crippen LogP contribution in [-0.4, -0.2) is 48.2 Å². The summed E-state index contributed by atoms with van der Waals surface area (Å²) in [5, 5.41) is 5.85. The monoisotopic (exact) mass is 375 g/mol. The lowest BCUT2D eigenvalue weighted by Gasteiger charge is -2.36. The molecule has 3 rings (SSSR count). The highest BCUT2D eigenvalue weighted by Crippen LogP contribution is 2.37. The van der Waals surface area contributed by atoms with Crippen molar-refractivity contribution in [1.82, 2.24) is 15.6 Å². The Bertz CT molecular complexity index is 693. The quantitative estimate of drug-likeness (QED) is 0.816. The Kier molecular flexibility index (Phi) is 5.69. The van der Waals surface area contributed by atoms with Crippen LogP contribution < -0.4 is 15.4 Å². The molecule has 2 amide bonds. The van der Waals surface area contributed by atoms with Crippen LogP contribution in [0.2, 0.25) is 0 Å². The van der Waals surface area contributed by atoms with Gasteiger partial charge in [0.15, 0.2) is 0 Å². The van der Waals surface area contributed by atoms with Gasteiger partial charge in [-0.1, -0.05) is 6.07 Å². The molecule has 2 fully saturated rings. The predicted molar refractivity (Wildman–Crippen MR) is 100 cm³/mol. The van der Waals surface area contributed by atoms with Crippen LogP contribution in [0.1, 0.15) is 45.7 Å². The number of nitrogens with zero attached hydrogens (tertiary/aromatic N) is 1. The Hall–Kier alpha value is -2.15. The Labute approximate surface area is 160 Å². The molecule has 1 atom stereocenters. The molecule has 0 radical (unpaired) electrons. The topological polar surface area (TPSA) is 89.5 Å². The molecule has 2 aliphatic rings. The number of amides is 2. The Morgan fingerprint density at radius 2 is 2.11 bits per heavy atom. The summed E-state index contributed by atoms with van der Waals surface area (Å²) in [4.78, 5) is 29.2. The van der Waals surface area contributed by atoms with Gasteiger partial charge in [-0.15, -0.1) is 0 Å². The van der Waals surface area contributed by atoms with Crippen LogP contribution in [0.5, 0.6) is 5.88 Å². The Morgan fingerprint density at radius 3 is 2.81 bits per heavy atom. The maximum atomic E-state index is 12.5. The average Bonchev–Trinajstić information content (AvgIpc) is 2.89. The fourth-order valence-corrected chi connectivity index (χ4v) is 3.65. The minimum Gasteiger partial charge on any atom is -0.472 e. The Balaban J connectivity index is 1.56. The second-order valence-corrected chi connectivity index (χ2v) is 8.37. The van der Waals surface area contributed by atoms with E-state index in [4.69, 9.17) is 9.47 Å². The summed E-state index contributed by atoms with van der Waals surface area (Å²) < 4.78 is 11.2. The predicted octanol–water partition coefficient (Wildman–Crippen LogP) is 1.60. The van der Waals surface area contributed by atoms with Gasteiger partial charge in [-0.3, -0.25) is 9.59 Å². The van der Waals surface area contributed by atoms with E-state index in [9.17, 15) is 9.59 Å². The third-order valence-corrected chi connectivity index (χ3v) is 5.08. The van der Waals surface area contributed by atoms with Gasteiger partial charge in [0.2, 0.25) is 17.7 Å². The van der Waals surface area contributed by atoms with Crippen molar-refractivity contribution in [3.05, 3.63) is 23.9 Å². The largest absolute Gasteiger partial charge is 0.472 e. The molecule has 1 aromatic rings.